The molecule has 0 aromatic rings. The second-order valence-corrected chi connectivity index (χ2v) is 14.8. The van der Waals surface area contributed by atoms with E-state index in [0.717, 1.165) is 30.3 Å². The van der Waals surface area contributed by atoms with E-state index in [9.17, 15) is 0 Å². The monoisotopic (exact) mass is 424 g/mol. The Labute approximate surface area is 192 Å². The molecule has 0 aromatic carbocycles. The number of hydrogen-bond donors (Lipinski definition) is 0. The smallest absolute Gasteiger partial charge is 0.0663 e. The van der Waals surface area contributed by atoms with Crippen LogP contribution in [0.15, 0.2) is 11.1 Å². The predicted octanol–water partition coefficient (Wildman–Crippen LogP) is 8.19. The summed E-state index contributed by atoms with van der Waals surface area (Å²) >= 11 is 0. The number of fused-ring (bicyclic) bond motifs is 5. The summed E-state index contributed by atoms with van der Waals surface area (Å²) in [5, 5.41) is 0. The van der Waals surface area contributed by atoms with Gasteiger partial charge in [-0.3, -0.25) is 0 Å². The van der Waals surface area contributed by atoms with Crippen LogP contribution in [0.25, 0.3) is 0 Å². The highest BCUT2D eigenvalue weighted by atomic mass is 16.5. The molecule has 6 aliphatic rings. The van der Waals surface area contributed by atoms with Crippen molar-refractivity contribution in [2.75, 3.05) is 6.61 Å². The number of rotatable bonds is 1. The van der Waals surface area contributed by atoms with E-state index in [1.54, 1.807) is 0 Å². The van der Waals surface area contributed by atoms with Gasteiger partial charge < -0.3 is 4.74 Å². The molecule has 6 rings (SSSR count). The van der Waals surface area contributed by atoms with Gasteiger partial charge >= 0.3 is 0 Å². The fourth-order valence-electron chi connectivity index (χ4n) is 11.2. The van der Waals surface area contributed by atoms with Gasteiger partial charge in [-0.15, -0.1) is 0 Å². The molecular formula is C30H48O. The first-order valence-electron chi connectivity index (χ1n) is 13.8. The third-order valence-corrected chi connectivity index (χ3v) is 13.2. The van der Waals surface area contributed by atoms with Crippen molar-refractivity contribution in [1.82, 2.24) is 0 Å². The van der Waals surface area contributed by atoms with E-state index in [1.807, 2.05) is 11.1 Å². The first kappa shape index (κ1) is 21.2. The number of hydrogen-bond acceptors (Lipinski definition) is 1. The quantitative estimate of drug-likeness (QED) is 0.385. The Morgan fingerprint density at radius 2 is 1.55 bits per heavy atom. The van der Waals surface area contributed by atoms with Gasteiger partial charge in [0.05, 0.1) is 12.7 Å². The van der Waals surface area contributed by atoms with Crippen molar-refractivity contribution >= 4 is 0 Å². The minimum Gasteiger partial charge on any atom is -0.377 e. The molecule has 0 aromatic heterocycles. The zero-order valence-electron chi connectivity index (χ0n) is 21.6. The fourth-order valence-corrected chi connectivity index (χ4v) is 11.2. The average molecular weight is 425 g/mol. The van der Waals surface area contributed by atoms with E-state index in [4.69, 9.17) is 4.74 Å². The standard InChI is InChI=1S/C30H48O/c1-19(2)20-10-12-27(5)21(20)11-13-29(7)23(27)9-8-22-24-25-26(3,4)14-16-30(24,18-31-25)17-15-28(22,29)6/h19,22-25H,8-18H2,1-7H3/t22-,23+,24+,25+,27-,28+,29-,30+/m0/s1. The Bertz CT molecular complexity index is 820. The van der Waals surface area contributed by atoms with Gasteiger partial charge in [-0.25, -0.2) is 0 Å². The molecule has 1 heterocycles. The SMILES string of the molecule is CC(C)C1=C2CC[C@@]3(C)[C@H](CC[C@H]4[C@@H]5[C@H]6OC[C@@]5(CCC6(C)C)CC[C@]43C)[C@@]2(C)CC1. The zero-order chi connectivity index (χ0) is 22.0. The van der Waals surface area contributed by atoms with Crippen molar-refractivity contribution in [3.8, 4) is 0 Å². The molecule has 1 heteroatoms. The average Bonchev–Trinajstić information content (AvgIpc) is 3.22. The van der Waals surface area contributed by atoms with Crippen molar-refractivity contribution in [1.29, 1.82) is 0 Å². The molecule has 0 N–H and O–H groups in total. The topological polar surface area (TPSA) is 9.23 Å². The molecular weight excluding hydrogens is 376 g/mol. The molecule has 1 saturated heterocycles. The highest BCUT2D eigenvalue weighted by molar-refractivity contribution is 5.35. The highest BCUT2D eigenvalue weighted by Gasteiger charge is 2.71. The van der Waals surface area contributed by atoms with Crippen molar-refractivity contribution in [2.45, 2.75) is 119 Å². The molecule has 8 atom stereocenters. The van der Waals surface area contributed by atoms with Crippen molar-refractivity contribution in [2.24, 2.45) is 50.7 Å². The summed E-state index contributed by atoms with van der Waals surface area (Å²) in [5.41, 5.74) is 6.14. The molecule has 4 saturated carbocycles. The molecule has 0 spiro atoms. The van der Waals surface area contributed by atoms with Crippen LogP contribution in [0.1, 0.15) is 113 Å². The lowest BCUT2D eigenvalue weighted by Crippen LogP contribution is -2.64. The van der Waals surface area contributed by atoms with Crippen LogP contribution < -0.4 is 0 Å². The van der Waals surface area contributed by atoms with Gasteiger partial charge in [-0.1, -0.05) is 59.6 Å². The Morgan fingerprint density at radius 1 is 0.806 bits per heavy atom. The minimum atomic E-state index is 0.368. The number of allylic oxidation sites excluding steroid dienone is 2. The molecule has 0 unspecified atom stereocenters. The van der Waals surface area contributed by atoms with E-state index in [-0.39, 0.29) is 0 Å². The lowest BCUT2D eigenvalue weighted by atomic mass is 9.34. The van der Waals surface area contributed by atoms with Gasteiger partial charge in [0.25, 0.3) is 0 Å². The second kappa shape index (κ2) is 6.22. The Morgan fingerprint density at radius 3 is 2.29 bits per heavy atom. The summed E-state index contributed by atoms with van der Waals surface area (Å²) < 4.78 is 6.72. The number of ether oxygens (including phenoxy) is 1. The molecule has 0 amide bonds. The first-order chi connectivity index (χ1) is 14.5. The van der Waals surface area contributed by atoms with Crippen LogP contribution in [0.5, 0.6) is 0 Å². The maximum Gasteiger partial charge on any atom is 0.0663 e. The van der Waals surface area contributed by atoms with Crippen molar-refractivity contribution < 1.29 is 4.74 Å². The van der Waals surface area contributed by atoms with Gasteiger partial charge in [0.1, 0.15) is 0 Å². The van der Waals surface area contributed by atoms with Gasteiger partial charge in [0.15, 0.2) is 0 Å². The third-order valence-electron chi connectivity index (χ3n) is 13.2. The summed E-state index contributed by atoms with van der Waals surface area (Å²) in [6, 6.07) is 0. The zero-order valence-corrected chi connectivity index (χ0v) is 21.6. The lowest BCUT2D eigenvalue weighted by molar-refractivity contribution is -0.206. The van der Waals surface area contributed by atoms with Crippen molar-refractivity contribution in [3.63, 3.8) is 0 Å². The predicted molar refractivity (Wildman–Crippen MR) is 129 cm³/mol. The molecule has 0 radical (unpaired) electrons. The van der Waals surface area contributed by atoms with Crippen LogP contribution in [0.4, 0.5) is 0 Å². The maximum absolute atomic E-state index is 6.72. The Kier molecular flexibility index (Phi) is 4.27. The van der Waals surface area contributed by atoms with E-state index >= 15 is 0 Å². The van der Waals surface area contributed by atoms with Gasteiger partial charge in [-0.05, 0) is 115 Å². The van der Waals surface area contributed by atoms with Gasteiger partial charge in [0.2, 0.25) is 0 Å². The fraction of sp³-hybridized carbons (Fsp3) is 0.933. The summed E-state index contributed by atoms with van der Waals surface area (Å²) in [6.07, 6.45) is 14.8. The van der Waals surface area contributed by atoms with E-state index < -0.39 is 0 Å². The van der Waals surface area contributed by atoms with Crippen LogP contribution in [-0.4, -0.2) is 12.7 Å². The molecule has 174 valence electrons. The Balaban J connectivity index is 1.41. The molecule has 1 aliphatic heterocycles. The van der Waals surface area contributed by atoms with Gasteiger partial charge in [0, 0.05) is 0 Å². The highest BCUT2D eigenvalue weighted by Crippen LogP contribution is 2.77. The molecule has 1 nitrogen and oxygen atoms in total. The maximum atomic E-state index is 6.72. The Hall–Kier alpha value is -0.300. The summed E-state index contributed by atoms with van der Waals surface area (Å²) in [7, 11) is 0. The molecule has 31 heavy (non-hydrogen) atoms. The summed E-state index contributed by atoms with van der Waals surface area (Å²) in [4.78, 5) is 0. The summed E-state index contributed by atoms with van der Waals surface area (Å²) in [5.74, 6) is 3.35. The third kappa shape index (κ3) is 2.39. The largest absolute Gasteiger partial charge is 0.377 e. The lowest BCUT2D eigenvalue weighted by Gasteiger charge is -2.70. The summed E-state index contributed by atoms with van der Waals surface area (Å²) in [6.45, 7) is 19.2. The van der Waals surface area contributed by atoms with Crippen LogP contribution in [0.3, 0.4) is 0 Å². The molecule has 5 fully saturated rings. The van der Waals surface area contributed by atoms with Crippen LogP contribution >= 0.6 is 0 Å². The van der Waals surface area contributed by atoms with Crippen LogP contribution in [0, 0.1) is 50.7 Å². The molecule has 5 aliphatic carbocycles. The molecule has 2 bridgehead atoms. The minimum absolute atomic E-state index is 0.368. The van der Waals surface area contributed by atoms with E-state index in [2.05, 4.69) is 48.5 Å². The second-order valence-electron chi connectivity index (χ2n) is 14.8. The van der Waals surface area contributed by atoms with Gasteiger partial charge in [-0.2, -0.15) is 0 Å². The van der Waals surface area contributed by atoms with Crippen LogP contribution in [-0.2, 0) is 4.74 Å². The normalized spacial score (nSPS) is 55.0. The van der Waals surface area contributed by atoms with Crippen LogP contribution in [0.2, 0.25) is 0 Å². The van der Waals surface area contributed by atoms with E-state index in [0.29, 0.717) is 33.2 Å². The van der Waals surface area contributed by atoms with E-state index in [1.165, 1.54) is 64.2 Å². The van der Waals surface area contributed by atoms with Crippen molar-refractivity contribution in [3.05, 3.63) is 11.1 Å². The first-order valence-corrected chi connectivity index (χ1v) is 13.8.